The number of aromatic hydroxyl groups is 1. The molecule has 2 aromatic carbocycles. The van der Waals surface area contributed by atoms with Crippen LogP contribution in [0.15, 0.2) is 60.2 Å². The van der Waals surface area contributed by atoms with E-state index in [1.54, 1.807) is 43.3 Å². The van der Waals surface area contributed by atoms with Gasteiger partial charge in [-0.3, -0.25) is 24.4 Å². The van der Waals surface area contributed by atoms with Crippen molar-refractivity contribution in [3.63, 3.8) is 0 Å². The summed E-state index contributed by atoms with van der Waals surface area (Å²) in [5.74, 6) is -5.19. The number of phenolic OH excluding ortho intramolecular Hbond substituents is 1. The minimum Gasteiger partial charge on any atom is -0.508 e. The van der Waals surface area contributed by atoms with E-state index in [2.05, 4.69) is 0 Å². The third-order valence-corrected chi connectivity index (χ3v) is 8.79. The largest absolute Gasteiger partial charge is 0.508 e. The van der Waals surface area contributed by atoms with Gasteiger partial charge in [0.25, 0.3) is 11.8 Å². The average molecular weight is 503 g/mol. The van der Waals surface area contributed by atoms with Crippen molar-refractivity contribution in [2.45, 2.75) is 25.7 Å². The van der Waals surface area contributed by atoms with Crippen LogP contribution in [0.5, 0.6) is 11.5 Å². The highest BCUT2D eigenvalue weighted by Crippen LogP contribution is 2.64. The maximum absolute atomic E-state index is 14.2. The second kappa shape index (κ2) is 8.01. The lowest BCUT2D eigenvalue weighted by Gasteiger charge is -2.49. The molecule has 2 heterocycles. The Balaban J connectivity index is 1.57. The van der Waals surface area contributed by atoms with Gasteiger partial charge in [0.1, 0.15) is 11.5 Å². The van der Waals surface area contributed by atoms with E-state index in [1.807, 2.05) is 6.08 Å². The summed E-state index contributed by atoms with van der Waals surface area (Å²) in [7, 11) is 1.46. The summed E-state index contributed by atoms with van der Waals surface area (Å²) >= 11 is 0. The van der Waals surface area contributed by atoms with Crippen molar-refractivity contribution < 1.29 is 34.2 Å². The number of nitrogens with zero attached hydrogens (tertiary/aromatic N) is 2. The van der Waals surface area contributed by atoms with Crippen LogP contribution < -0.4 is 9.64 Å². The maximum atomic E-state index is 14.2. The number of fused-ring (bicyclic) bond motifs is 4. The Morgan fingerprint density at radius 3 is 2.41 bits per heavy atom. The van der Waals surface area contributed by atoms with E-state index in [9.17, 15) is 29.5 Å². The Kier molecular flexibility index (Phi) is 5.07. The van der Waals surface area contributed by atoms with E-state index in [4.69, 9.17) is 4.74 Å². The highest BCUT2D eigenvalue weighted by Gasteiger charge is 2.67. The lowest BCUT2D eigenvalue weighted by Crippen LogP contribution is -2.48. The molecule has 1 saturated carbocycles. The summed E-state index contributed by atoms with van der Waals surface area (Å²) in [6, 6.07) is 13.4. The monoisotopic (exact) mass is 502 g/mol. The second-order valence-electron chi connectivity index (χ2n) is 10.4. The third kappa shape index (κ3) is 3.00. The van der Waals surface area contributed by atoms with E-state index in [0.29, 0.717) is 17.0 Å². The predicted octanol–water partition coefficient (Wildman–Crippen LogP) is 3.02. The van der Waals surface area contributed by atoms with Crippen LogP contribution in [0, 0.1) is 29.1 Å². The molecule has 190 valence electrons. The maximum Gasteiger partial charge on any atom is 0.257 e. The van der Waals surface area contributed by atoms with Crippen molar-refractivity contribution in [2.75, 3.05) is 12.0 Å². The van der Waals surface area contributed by atoms with Gasteiger partial charge in [0, 0.05) is 17.5 Å². The summed E-state index contributed by atoms with van der Waals surface area (Å²) in [6.45, 7) is 1.78. The molecular weight excluding hydrogens is 476 g/mol. The zero-order chi connectivity index (χ0) is 26.2. The molecule has 2 aliphatic carbocycles. The molecule has 3 fully saturated rings. The molecule has 0 spiro atoms. The van der Waals surface area contributed by atoms with Crippen molar-refractivity contribution in [1.29, 1.82) is 0 Å². The van der Waals surface area contributed by atoms with Gasteiger partial charge in [0.2, 0.25) is 11.8 Å². The molecule has 0 bridgehead atoms. The number of allylic oxidation sites excluding steroid dienone is 2. The van der Waals surface area contributed by atoms with E-state index >= 15 is 0 Å². The predicted molar refractivity (Wildman–Crippen MR) is 129 cm³/mol. The molecule has 2 aliphatic heterocycles. The summed E-state index contributed by atoms with van der Waals surface area (Å²) in [4.78, 5) is 55.0. The van der Waals surface area contributed by atoms with Gasteiger partial charge < -0.3 is 9.84 Å². The van der Waals surface area contributed by atoms with Crippen LogP contribution >= 0.6 is 0 Å². The van der Waals surface area contributed by atoms with Crippen LogP contribution in [0.3, 0.4) is 0 Å². The first-order chi connectivity index (χ1) is 17.7. The molecule has 0 aromatic heterocycles. The number of hydrogen-bond acceptors (Lipinski definition) is 7. The first-order valence-electron chi connectivity index (χ1n) is 12.3. The molecule has 37 heavy (non-hydrogen) atoms. The topological polar surface area (TPSA) is 124 Å². The minimum absolute atomic E-state index is 0.0143. The zero-order valence-corrected chi connectivity index (χ0v) is 20.3. The van der Waals surface area contributed by atoms with E-state index < -0.39 is 46.8 Å². The van der Waals surface area contributed by atoms with Crippen LogP contribution in [-0.2, 0) is 19.2 Å². The minimum atomic E-state index is -1.21. The number of rotatable bonds is 3. The van der Waals surface area contributed by atoms with Gasteiger partial charge in [-0.2, -0.15) is 5.06 Å². The lowest BCUT2D eigenvalue weighted by molar-refractivity contribution is -0.173. The Hall–Kier alpha value is -3.98. The molecule has 2 saturated heterocycles. The molecule has 4 aliphatic rings. The van der Waals surface area contributed by atoms with E-state index in [0.717, 1.165) is 5.57 Å². The standard InChI is InChI=1S/C28H26N2O7/c1-28-20(25(33)29(27(28)35)14-6-4-3-5-7-14)13-19-16(10-11-18-22(19)26(34)30(36)24(18)32)23(28)17-9-8-15(31)12-21(17)37-2/h3-10,12,18-20,22-23,31,36H,11,13H2,1-2H3. The highest BCUT2D eigenvalue weighted by atomic mass is 16.5. The van der Waals surface area contributed by atoms with Gasteiger partial charge >= 0.3 is 0 Å². The first-order valence-corrected chi connectivity index (χ1v) is 12.3. The molecule has 9 nitrogen and oxygen atoms in total. The number of hydroxylamine groups is 2. The quantitative estimate of drug-likeness (QED) is 0.376. The van der Waals surface area contributed by atoms with Gasteiger partial charge in [-0.05, 0) is 43.9 Å². The number of amides is 4. The molecule has 2 N–H and O–H groups in total. The Morgan fingerprint density at radius 1 is 0.973 bits per heavy atom. The van der Waals surface area contributed by atoms with Gasteiger partial charge in [-0.15, -0.1) is 0 Å². The SMILES string of the molecule is COc1cc(O)ccc1C1C2=CCC3C(=O)N(O)C(=O)C3C2CC2C(=O)N(c3ccccc3)C(=O)C21C. The fraction of sp³-hybridized carbons (Fsp3) is 0.357. The van der Waals surface area contributed by atoms with Crippen LogP contribution in [0.1, 0.15) is 31.2 Å². The zero-order valence-electron chi connectivity index (χ0n) is 20.3. The molecule has 4 amide bonds. The number of benzene rings is 2. The van der Waals surface area contributed by atoms with Gasteiger partial charge in [0.15, 0.2) is 0 Å². The summed E-state index contributed by atoms with van der Waals surface area (Å²) in [5, 5.41) is 20.5. The van der Waals surface area contributed by atoms with E-state index in [1.165, 1.54) is 24.1 Å². The van der Waals surface area contributed by atoms with E-state index in [-0.39, 0.29) is 35.5 Å². The number of carbonyl (C=O) groups excluding carboxylic acids is 4. The summed E-state index contributed by atoms with van der Waals surface area (Å²) < 4.78 is 5.60. The third-order valence-electron chi connectivity index (χ3n) is 8.79. The number of anilines is 1. The molecular formula is C28H26N2O7. The van der Waals surface area contributed by atoms with Crippen LogP contribution in [0.2, 0.25) is 0 Å². The number of phenols is 1. The Morgan fingerprint density at radius 2 is 1.70 bits per heavy atom. The van der Waals surface area contributed by atoms with Crippen molar-refractivity contribution >= 4 is 29.3 Å². The molecule has 9 heteroatoms. The summed E-state index contributed by atoms with van der Waals surface area (Å²) in [6.07, 6.45) is 2.32. The number of hydrogen-bond donors (Lipinski definition) is 2. The molecule has 2 aromatic rings. The molecule has 6 atom stereocenters. The van der Waals surface area contributed by atoms with Crippen LogP contribution in [-0.4, -0.2) is 46.1 Å². The molecule has 6 rings (SSSR count). The Labute approximate surface area is 212 Å². The van der Waals surface area contributed by atoms with Crippen molar-refractivity contribution in [2.24, 2.45) is 29.1 Å². The number of methoxy groups -OCH3 is 1. The van der Waals surface area contributed by atoms with Crippen molar-refractivity contribution in [3.8, 4) is 11.5 Å². The number of ether oxygens (including phenoxy) is 1. The van der Waals surface area contributed by atoms with Crippen LogP contribution in [0.4, 0.5) is 5.69 Å². The van der Waals surface area contributed by atoms with Crippen LogP contribution in [0.25, 0.3) is 0 Å². The van der Waals surface area contributed by atoms with Crippen molar-refractivity contribution in [3.05, 3.63) is 65.7 Å². The van der Waals surface area contributed by atoms with Gasteiger partial charge in [0.05, 0.1) is 36.0 Å². The highest BCUT2D eigenvalue weighted by molar-refractivity contribution is 6.24. The van der Waals surface area contributed by atoms with Gasteiger partial charge in [-0.1, -0.05) is 35.9 Å². The second-order valence-corrected chi connectivity index (χ2v) is 10.4. The summed E-state index contributed by atoms with van der Waals surface area (Å²) in [5.41, 5.74) is 0.636. The Bertz CT molecular complexity index is 1390. The molecule has 0 radical (unpaired) electrons. The number of imide groups is 2. The normalized spacial score (nSPS) is 32.7. The fourth-order valence-corrected chi connectivity index (χ4v) is 7.10. The average Bonchev–Trinajstić information content (AvgIpc) is 3.24. The first kappa shape index (κ1) is 23.4. The smallest absolute Gasteiger partial charge is 0.257 e. The van der Waals surface area contributed by atoms with Gasteiger partial charge in [-0.25, -0.2) is 4.90 Å². The molecule has 6 unspecified atom stereocenters. The number of carbonyl (C=O) groups is 4. The fourth-order valence-electron chi connectivity index (χ4n) is 7.10. The lowest BCUT2D eigenvalue weighted by atomic mass is 9.51. The number of para-hydroxylation sites is 1. The van der Waals surface area contributed by atoms with Crippen molar-refractivity contribution in [1.82, 2.24) is 5.06 Å².